The van der Waals surface area contributed by atoms with Crippen LogP contribution in [0, 0.1) is 5.82 Å². The van der Waals surface area contributed by atoms with Gasteiger partial charge in [-0.15, -0.1) is 11.3 Å². The first-order chi connectivity index (χ1) is 16.2. The van der Waals surface area contributed by atoms with Crippen molar-refractivity contribution >= 4 is 44.8 Å². The van der Waals surface area contributed by atoms with E-state index in [1.54, 1.807) is 24.6 Å². The van der Waals surface area contributed by atoms with Crippen molar-refractivity contribution in [1.82, 2.24) is 15.0 Å². The number of thiazole rings is 1. The van der Waals surface area contributed by atoms with Gasteiger partial charge in [0.1, 0.15) is 11.9 Å². The van der Waals surface area contributed by atoms with Crippen LogP contribution in [0.25, 0.3) is 0 Å². The molecular formula is C21H22ClFN4O5S2. The number of carbonyl (C=O) groups is 1. The molecule has 3 heterocycles. The van der Waals surface area contributed by atoms with Gasteiger partial charge in [0.2, 0.25) is 10.0 Å². The largest absolute Gasteiger partial charge is 0.463 e. The van der Waals surface area contributed by atoms with Gasteiger partial charge in [-0.25, -0.2) is 27.3 Å². The van der Waals surface area contributed by atoms with Crippen LogP contribution in [0.4, 0.5) is 4.39 Å². The number of hydrogen-bond donors (Lipinski definition) is 2. The van der Waals surface area contributed by atoms with E-state index >= 15 is 0 Å². The zero-order valence-corrected chi connectivity index (χ0v) is 20.6. The molecule has 1 aromatic carbocycles. The number of esters is 1. The van der Waals surface area contributed by atoms with Gasteiger partial charge in [-0.05, 0) is 19.4 Å². The maximum atomic E-state index is 14.4. The Morgan fingerprint density at radius 3 is 2.91 bits per heavy atom. The Morgan fingerprint density at radius 1 is 1.44 bits per heavy atom. The lowest BCUT2D eigenvalue weighted by molar-refractivity contribution is -0.139. The highest BCUT2D eigenvalue weighted by molar-refractivity contribution is 7.88. The summed E-state index contributed by atoms with van der Waals surface area (Å²) in [5, 5.41) is 5.29. The number of halogens is 2. The van der Waals surface area contributed by atoms with E-state index in [-0.39, 0.29) is 35.8 Å². The van der Waals surface area contributed by atoms with Gasteiger partial charge in [0.05, 0.1) is 41.9 Å². The Morgan fingerprint density at radius 2 is 2.24 bits per heavy atom. The average molecular weight is 529 g/mol. The summed E-state index contributed by atoms with van der Waals surface area (Å²) >= 11 is 7.61. The smallest absolute Gasteiger partial charge is 0.338 e. The molecule has 3 atom stereocenters. The predicted molar refractivity (Wildman–Crippen MR) is 126 cm³/mol. The Bertz CT molecular complexity index is 1250. The summed E-state index contributed by atoms with van der Waals surface area (Å²) in [7, 11) is -3.46. The summed E-state index contributed by atoms with van der Waals surface area (Å²) in [6.07, 6.45) is 2.25. The molecule has 1 unspecified atom stereocenters. The van der Waals surface area contributed by atoms with Crippen LogP contribution < -0.4 is 10.0 Å². The summed E-state index contributed by atoms with van der Waals surface area (Å²) in [5.74, 6) is -0.963. The van der Waals surface area contributed by atoms with Crippen LogP contribution in [0.1, 0.15) is 30.0 Å². The first-order valence-electron chi connectivity index (χ1n) is 10.4. The zero-order chi connectivity index (χ0) is 24.5. The van der Waals surface area contributed by atoms with E-state index in [9.17, 15) is 17.6 Å². The summed E-state index contributed by atoms with van der Waals surface area (Å²) in [5.41, 5.74) is 0.739. The lowest BCUT2D eigenvalue weighted by Gasteiger charge is -2.29. The third kappa shape index (κ3) is 5.31. The molecule has 2 aliphatic rings. The zero-order valence-electron chi connectivity index (χ0n) is 18.2. The molecule has 13 heteroatoms. The molecule has 0 saturated carbocycles. The van der Waals surface area contributed by atoms with E-state index in [0.29, 0.717) is 16.5 Å². The Hall–Kier alpha value is -2.38. The topological polar surface area (TPSA) is 119 Å². The second-order valence-electron chi connectivity index (χ2n) is 7.68. The van der Waals surface area contributed by atoms with Crippen LogP contribution in [0.5, 0.6) is 0 Å². The van der Waals surface area contributed by atoms with E-state index in [4.69, 9.17) is 21.1 Å². The Balaban J connectivity index is 1.83. The lowest BCUT2D eigenvalue weighted by Crippen LogP contribution is -2.39. The van der Waals surface area contributed by atoms with Gasteiger partial charge < -0.3 is 14.8 Å². The van der Waals surface area contributed by atoms with E-state index in [0.717, 1.165) is 6.26 Å². The highest BCUT2D eigenvalue weighted by Gasteiger charge is 2.40. The van der Waals surface area contributed by atoms with Gasteiger partial charge in [-0.3, -0.25) is 4.99 Å². The van der Waals surface area contributed by atoms with E-state index in [1.807, 2.05) is 0 Å². The fourth-order valence-corrected chi connectivity index (χ4v) is 5.46. The molecule has 4 rings (SSSR count). The van der Waals surface area contributed by atoms with Gasteiger partial charge in [-0.1, -0.05) is 23.7 Å². The number of aliphatic imine (C=N–C) groups is 1. The number of rotatable bonds is 7. The van der Waals surface area contributed by atoms with Gasteiger partial charge >= 0.3 is 5.97 Å². The molecule has 0 aliphatic carbocycles. The summed E-state index contributed by atoms with van der Waals surface area (Å²) in [6.45, 7) is 1.88. The minimum Gasteiger partial charge on any atom is -0.463 e. The van der Waals surface area contributed by atoms with Crippen LogP contribution in [-0.2, 0) is 24.3 Å². The van der Waals surface area contributed by atoms with Crippen molar-refractivity contribution in [2.75, 3.05) is 19.5 Å². The van der Waals surface area contributed by atoms with E-state index < -0.39 is 40.0 Å². The van der Waals surface area contributed by atoms with Gasteiger partial charge in [0.25, 0.3) is 0 Å². The number of aromatic nitrogens is 1. The molecule has 0 spiro atoms. The summed E-state index contributed by atoms with van der Waals surface area (Å²) < 4.78 is 51.5. The molecule has 0 bridgehead atoms. The second kappa shape index (κ2) is 10.1. The van der Waals surface area contributed by atoms with Crippen molar-refractivity contribution in [1.29, 1.82) is 0 Å². The number of hydrogen-bond acceptors (Lipinski definition) is 9. The van der Waals surface area contributed by atoms with Crippen molar-refractivity contribution in [3.8, 4) is 0 Å². The van der Waals surface area contributed by atoms with Crippen molar-refractivity contribution in [3.05, 3.63) is 62.5 Å². The summed E-state index contributed by atoms with van der Waals surface area (Å²) in [6, 6.07) is 2.80. The third-order valence-corrected chi connectivity index (χ3v) is 7.12. The fourth-order valence-electron chi connectivity index (χ4n) is 3.87. The monoisotopic (exact) mass is 528 g/mol. The molecule has 0 radical (unpaired) electrons. The fraction of sp³-hybridized carbons (Fsp3) is 0.381. The quantitative estimate of drug-likeness (QED) is 0.530. The number of nitrogens with zero attached hydrogens (tertiary/aromatic N) is 2. The van der Waals surface area contributed by atoms with Crippen molar-refractivity contribution in [3.63, 3.8) is 0 Å². The number of benzene rings is 1. The Kier molecular flexibility index (Phi) is 7.33. The number of sulfonamides is 1. The minimum absolute atomic E-state index is 0.103. The first-order valence-corrected chi connectivity index (χ1v) is 13.5. The molecule has 2 N–H and O–H groups in total. The Labute approximate surface area is 205 Å². The molecule has 9 nitrogen and oxygen atoms in total. The lowest BCUT2D eigenvalue weighted by atomic mass is 9.92. The number of carbonyl (C=O) groups excluding carboxylic acids is 1. The van der Waals surface area contributed by atoms with Crippen LogP contribution in [0.3, 0.4) is 0 Å². The number of nitrogens with one attached hydrogen (secondary N) is 2. The predicted octanol–water partition coefficient (Wildman–Crippen LogP) is 2.55. The molecule has 1 fully saturated rings. The first kappa shape index (κ1) is 24.7. The standard InChI is InChI=1S/C21H22ClFN4O5S2/c1-3-31-21(28)15-17(12-5-4-6-13(23)16(12)22)25-19(20-24-7-8-33-20)26-18(15)14-9-11(10-32-14)27-34(2,29)30/h4-8,11,14,17,27H,3,9-10H2,1-2H3,(H,25,26)/t11-,14-,17?/m1/s1. The highest BCUT2D eigenvalue weighted by atomic mass is 35.5. The SMILES string of the molecule is CCOC(=O)C1=C([C@H]2C[C@@H](NS(C)(=O)=O)CO2)NC(c2nccs2)=NC1c1cccc(F)c1Cl. The molecule has 0 amide bonds. The molecule has 2 aromatic rings. The maximum Gasteiger partial charge on any atom is 0.338 e. The van der Waals surface area contributed by atoms with Crippen molar-refractivity contribution in [2.24, 2.45) is 4.99 Å². The average Bonchev–Trinajstić information content (AvgIpc) is 3.46. The van der Waals surface area contributed by atoms with Crippen molar-refractivity contribution < 1.29 is 27.1 Å². The molecule has 2 aliphatic heterocycles. The number of ether oxygens (including phenoxy) is 2. The van der Waals surface area contributed by atoms with Crippen LogP contribution >= 0.6 is 22.9 Å². The maximum absolute atomic E-state index is 14.4. The second-order valence-corrected chi connectivity index (χ2v) is 10.7. The normalized spacial score (nSPS) is 22.9. The van der Waals surface area contributed by atoms with Crippen LogP contribution in [-0.4, -0.2) is 56.8 Å². The molecule has 1 aromatic heterocycles. The third-order valence-electron chi connectivity index (χ3n) is 5.18. The molecule has 1 saturated heterocycles. The van der Waals surface area contributed by atoms with E-state index in [1.165, 1.54) is 23.5 Å². The van der Waals surface area contributed by atoms with Crippen molar-refractivity contribution in [2.45, 2.75) is 31.5 Å². The highest BCUT2D eigenvalue weighted by Crippen LogP contribution is 2.39. The van der Waals surface area contributed by atoms with Gasteiger partial charge in [0, 0.05) is 23.2 Å². The van der Waals surface area contributed by atoms with E-state index in [2.05, 4.69) is 20.0 Å². The molecular weight excluding hydrogens is 507 g/mol. The van der Waals surface area contributed by atoms with Crippen LogP contribution in [0.2, 0.25) is 5.02 Å². The van der Waals surface area contributed by atoms with Gasteiger partial charge in [0.15, 0.2) is 10.8 Å². The molecule has 182 valence electrons. The summed E-state index contributed by atoms with van der Waals surface area (Å²) in [4.78, 5) is 22.1. The molecule has 34 heavy (non-hydrogen) atoms. The minimum atomic E-state index is -3.46. The van der Waals surface area contributed by atoms with Gasteiger partial charge in [-0.2, -0.15) is 0 Å². The van der Waals surface area contributed by atoms with Crippen LogP contribution in [0.15, 0.2) is 46.0 Å². The number of amidine groups is 1.